The van der Waals surface area contributed by atoms with Gasteiger partial charge in [-0.3, -0.25) is 9.59 Å². The molecule has 0 unspecified atom stereocenters. The second kappa shape index (κ2) is 6.76. The van der Waals surface area contributed by atoms with E-state index in [1.165, 1.54) is 11.3 Å². The van der Waals surface area contributed by atoms with Gasteiger partial charge in [0, 0.05) is 30.1 Å². The topological polar surface area (TPSA) is 102 Å². The third kappa shape index (κ3) is 3.08. The van der Waals surface area contributed by atoms with Crippen LogP contribution >= 0.6 is 11.3 Å². The summed E-state index contributed by atoms with van der Waals surface area (Å²) in [6.45, 7) is 3.18. The fourth-order valence-electron chi connectivity index (χ4n) is 3.10. The Morgan fingerprint density at radius 2 is 2.04 bits per heavy atom. The number of likely N-dealkylation sites (tertiary alicyclic amines) is 1. The van der Waals surface area contributed by atoms with Crippen LogP contribution in [0.25, 0.3) is 10.2 Å². The molecule has 3 rings (SSSR count). The monoisotopic (exact) mass is 346 g/mol. The number of amides is 2. The molecule has 128 valence electrons. The normalized spacial score (nSPS) is 15.8. The molecule has 2 amide bonds. The minimum Gasteiger partial charge on any atom is -0.397 e. The Labute approximate surface area is 144 Å². The first kappa shape index (κ1) is 16.7. The average molecular weight is 346 g/mol. The van der Waals surface area contributed by atoms with E-state index in [0.717, 1.165) is 28.8 Å². The summed E-state index contributed by atoms with van der Waals surface area (Å²) in [4.78, 5) is 31.8. The minimum atomic E-state index is -0.281. The number of piperidine rings is 1. The molecule has 0 aromatic carbocycles. The van der Waals surface area contributed by atoms with Crippen LogP contribution in [0.15, 0.2) is 12.1 Å². The lowest BCUT2D eigenvalue weighted by atomic mass is 9.96. The van der Waals surface area contributed by atoms with Crippen LogP contribution in [0, 0.1) is 5.92 Å². The lowest BCUT2D eigenvalue weighted by Crippen LogP contribution is -2.41. The summed E-state index contributed by atoms with van der Waals surface area (Å²) < 4.78 is 0. The molecule has 3 heterocycles. The Bertz CT molecular complexity index is 778. The van der Waals surface area contributed by atoms with E-state index in [1.54, 1.807) is 4.90 Å². The number of carbonyl (C=O) groups is 2. The molecule has 6 nitrogen and oxygen atoms in total. The van der Waals surface area contributed by atoms with Gasteiger partial charge in [-0.1, -0.05) is 13.3 Å². The summed E-state index contributed by atoms with van der Waals surface area (Å²) >= 11 is 1.35. The van der Waals surface area contributed by atoms with E-state index in [2.05, 4.69) is 11.9 Å². The zero-order valence-electron chi connectivity index (χ0n) is 13.7. The number of fused-ring (bicyclic) bond motifs is 1. The number of anilines is 1. The Morgan fingerprint density at radius 3 is 2.67 bits per heavy atom. The molecule has 0 aliphatic carbocycles. The SMILES string of the molecule is CCCc1ccc2c(N)c(C(=O)N3CCC(C(N)=O)CC3)sc2n1. The fourth-order valence-corrected chi connectivity index (χ4v) is 4.18. The Balaban J connectivity index is 1.82. The highest BCUT2D eigenvalue weighted by Gasteiger charge is 2.28. The van der Waals surface area contributed by atoms with E-state index in [9.17, 15) is 9.59 Å². The molecule has 0 atom stereocenters. The van der Waals surface area contributed by atoms with Gasteiger partial charge in [-0.05, 0) is 31.4 Å². The smallest absolute Gasteiger partial charge is 0.266 e. The van der Waals surface area contributed by atoms with E-state index in [1.807, 2.05) is 12.1 Å². The Hall–Kier alpha value is -2.15. The summed E-state index contributed by atoms with van der Waals surface area (Å²) in [6, 6.07) is 3.93. The summed E-state index contributed by atoms with van der Waals surface area (Å²) in [6.07, 6.45) is 3.17. The van der Waals surface area contributed by atoms with Gasteiger partial charge < -0.3 is 16.4 Å². The molecule has 2 aromatic rings. The predicted octanol–water partition coefficient (Wildman–Crippen LogP) is 2.17. The molecule has 1 saturated heterocycles. The van der Waals surface area contributed by atoms with E-state index in [0.29, 0.717) is 36.5 Å². The third-order valence-corrected chi connectivity index (χ3v) is 5.64. The first-order chi connectivity index (χ1) is 11.5. The number of aryl methyl sites for hydroxylation is 1. The lowest BCUT2D eigenvalue weighted by Gasteiger charge is -2.30. The highest BCUT2D eigenvalue weighted by molar-refractivity contribution is 7.21. The number of thiophene rings is 1. The van der Waals surface area contributed by atoms with Crippen LogP contribution in [0.3, 0.4) is 0 Å². The Morgan fingerprint density at radius 1 is 1.33 bits per heavy atom. The van der Waals surface area contributed by atoms with E-state index in [-0.39, 0.29) is 17.7 Å². The molecule has 24 heavy (non-hydrogen) atoms. The number of hydrogen-bond acceptors (Lipinski definition) is 5. The van der Waals surface area contributed by atoms with Crippen LogP contribution < -0.4 is 11.5 Å². The Kier molecular flexibility index (Phi) is 4.71. The van der Waals surface area contributed by atoms with Crippen molar-refractivity contribution in [1.29, 1.82) is 0 Å². The maximum atomic E-state index is 12.8. The summed E-state index contributed by atoms with van der Waals surface area (Å²) in [5, 5.41) is 0.843. The van der Waals surface area contributed by atoms with Gasteiger partial charge in [0.05, 0.1) is 5.69 Å². The van der Waals surface area contributed by atoms with Gasteiger partial charge >= 0.3 is 0 Å². The zero-order chi connectivity index (χ0) is 17.3. The van der Waals surface area contributed by atoms with Crippen molar-refractivity contribution in [2.24, 2.45) is 11.7 Å². The number of nitrogen functional groups attached to an aromatic ring is 1. The highest BCUT2D eigenvalue weighted by Crippen LogP contribution is 2.34. The van der Waals surface area contributed by atoms with Crippen molar-refractivity contribution >= 4 is 39.1 Å². The van der Waals surface area contributed by atoms with E-state index in [4.69, 9.17) is 11.5 Å². The van der Waals surface area contributed by atoms with Crippen molar-refractivity contribution < 1.29 is 9.59 Å². The minimum absolute atomic E-state index is 0.0736. The quantitative estimate of drug-likeness (QED) is 0.885. The van der Waals surface area contributed by atoms with Gasteiger partial charge in [0.2, 0.25) is 5.91 Å². The fraction of sp³-hybridized carbons (Fsp3) is 0.471. The van der Waals surface area contributed by atoms with Crippen molar-refractivity contribution in [2.75, 3.05) is 18.8 Å². The highest BCUT2D eigenvalue weighted by atomic mass is 32.1. The molecule has 1 fully saturated rings. The number of aromatic nitrogens is 1. The maximum absolute atomic E-state index is 12.8. The summed E-state index contributed by atoms with van der Waals surface area (Å²) in [7, 11) is 0. The average Bonchev–Trinajstić information content (AvgIpc) is 2.91. The van der Waals surface area contributed by atoms with Crippen LogP contribution in [-0.4, -0.2) is 34.8 Å². The number of pyridine rings is 1. The first-order valence-electron chi connectivity index (χ1n) is 8.27. The molecule has 0 spiro atoms. The van der Waals surface area contributed by atoms with Gasteiger partial charge in [0.15, 0.2) is 0 Å². The van der Waals surface area contributed by atoms with Crippen molar-refractivity contribution in [2.45, 2.75) is 32.6 Å². The molecule has 0 radical (unpaired) electrons. The van der Waals surface area contributed by atoms with Gasteiger partial charge in [-0.25, -0.2) is 4.98 Å². The third-order valence-electron chi connectivity index (χ3n) is 4.54. The van der Waals surface area contributed by atoms with Crippen molar-refractivity contribution in [1.82, 2.24) is 9.88 Å². The largest absolute Gasteiger partial charge is 0.397 e. The maximum Gasteiger partial charge on any atom is 0.266 e. The summed E-state index contributed by atoms with van der Waals surface area (Å²) in [5.74, 6) is -0.487. The van der Waals surface area contributed by atoms with Crippen molar-refractivity contribution in [3.63, 3.8) is 0 Å². The second-order valence-corrected chi connectivity index (χ2v) is 7.22. The molecular formula is C17H22N4O2S. The molecule has 0 bridgehead atoms. The number of hydrogen-bond donors (Lipinski definition) is 2. The van der Waals surface area contributed by atoms with Crippen molar-refractivity contribution in [3.8, 4) is 0 Å². The van der Waals surface area contributed by atoms with Crippen LogP contribution in [0.4, 0.5) is 5.69 Å². The first-order valence-corrected chi connectivity index (χ1v) is 9.09. The lowest BCUT2D eigenvalue weighted by molar-refractivity contribution is -0.123. The van der Waals surface area contributed by atoms with E-state index >= 15 is 0 Å². The zero-order valence-corrected chi connectivity index (χ0v) is 14.6. The molecule has 7 heteroatoms. The molecule has 1 aliphatic rings. The van der Waals surface area contributed by atoms with Gasteiger partial charge in [-0.15, -0.1) is 11.3 Å². The van der Waals surface area contributed by atoms with Crippen LogP contribution in [0.1, 0.15) is 41.6 Å². The van der Waals surface area contributed by atoms with Gasteiger partial charge in [0.25, 0.3) is 5.91 Å². The molecular weight excluding hydrogens is 324 g/mol. The van der Waals surface area contributed by atoms with Crippen LogP contribution in [0.2, 0.25) is 0 Å². The summed E-state index contributed by atoms with van der Waals surface area (Å²) in [5.41, 5.74) is 13.1. The molecule has 2 aromatic heterocycles. The molecule has 4 N–H and O–H groups in total. The molecule has 1 aliphatic heterocycles. The van der Waals surface area contributed by atoms with E-state index < -0.39 is 0 Å². The van der Waals surface area contributed by atoms with Gasteiger partial charge in [-0.2, -0.15) is 0 Å². The number of nitrogens with two attached hydrogens (primary N) is 2. The van der Waals surface area contributed by atoms with Gasteiger partial charge in [0.1, 0.15) is 9.71 Å². The number of nitrogens with zero attached hydrogens (tertiary/aromatic N) is 2. The standard InChI is InChI=1S/C17H22N4O2S/c1-2-3-11-4-5-12-13(18)14(24-16(12)20-11)17(23)21-8-6-10(7-9-21)15(19)22/h4-5,10H,2-3,6-9,18H2,1H3,(H2,19,22). The molecule has 0 saturated carbocycles. The number of primary amides is 1. The number of carbonyl (C=O) groups excluding carboxylic acids is 2. The predicted molar refractivity (Wildman–Crippen MR) is 95.8 cm³/mol. The second-order valence-electron chi connectivity index (χ2n) is 6.22. The van der Waals surface area contributed by atoms with Crippen molar-refractivity contribution in [3.05, 3.63) is 22.7 Å². The van der Waals surface area contributed by atoms with Crippen LogP contribution in [-0.2, 0) is 11.2 Å². The van der Waals surface area contributed by atoms with Crippen LogP contribution in [0.5, 0.6) is 0 Å². The number of rotatable bonds is 4.